The van der Waals surface area contributed by atoms with E-state index in [0.29, 0.717) is 0 Å². The Morgan fingerprint density at radius 3 is 1.43 bits per heavy atom. The van der Waals surface area contributed by atoms with Gasteiger partial charge in [0.2, 0.25) is 0 Å². The minimum Gasteiger partial charge on any atom is -0.481 e. The first-order valence-corrected chi connectivity index (χ1v) is 4.33. The van der Waals surface area contributed by atoms with Gasteiger partial charge in [0.15, 0.2) is 0 Å². The molecule has 2 atom stereocenters. The maximum Gasteiger partial charge on any atom is 0.305 e. The Labute approximate surface area is 83.4 Å². The molecule has 0 aliphatic carbocycles. The highest BCUT2D eigenvalue weighted by atomic mass is 16.4. The number of aliphatic carboxylic acids is 1. The van der Waals surface area contributed by atoms with Gasteiger partial charge in [0, 0.05) is 6.42 Å². The van der Waals surface area contributed by atoms with E-state index < -0.39 is 18.2 Å². The zero-order chi connectivity index (χ0) is 11.7. The maximum atomic E-state index is 10.1. The number of carboxylic acid groups (broad SMARTS) is 1. The molecule has 0 fully saturated rings. The summed E-state index contributed by atoms with van der Waals surface area (Å²) in [5, 5.41) is 24.8. The standard InChI is InChI=1S/C5H10O2.C4H8O3/c1-4(6)3-5(2)7;1-3(5)2-4(6)7/h4,6H,3H2,1-2H3;3,5H,2H2,1H3,(H,6,7). The van der Waals surface area contributed by atoms with Gasteiger partial charge < -0.3 is 15.3 Å². The summed E-state index contributed by atoms with van der Waals surface area (Å²) in [5.74, 6) is -0.926. The molecule has 84 valence electrons. The Balaban J connectivity index is 0. The fourth-order valence-corrected chi connectivity index (χ4v) is 0.669. The van der Waals surface area contributed by atoms with Crippen LogP contribution >= 0.6 is 0 Å². The summed E-state index contributed by atoms with van der Waals surface area (Å²) < 4.78 is 0. The van der Waals surface area contributed by atoms with Crippen LogP contribution in [-0.2, 0) is 9.59 Å². The molecule has 5 heteroatoms. The summed E-state index contributed by atoms with van der Waals surface area (Å²) in [4.78, 5) is 19.7. The van der Waals surface area contributed by atoms with Gasteiger partial charge in [0.1, 0.15) is 5.78 Å². The minimum absolute atomic E-state index is 0.0370. The molecule has 0 aromatic rings. The van der Waals surface area contributed by atoms with Gasteiger partial charge in [0.05, 0.1) is 18.6 Å². The largest absolute Gasteiger partial charge is 0.481 e. The second-order valence-corrected chi connectivity index (χ2v) is 3.20. The quantitative estimate of drug-likeness (QED) is 0.610. The van der Waals surface area contributed by atoms with Crippen LogP contribution in [-0.4, -0.2) is 39.3 Å². The first kappa shape index (κ1) is 15.5. The molecule has 0 aliphatic heterocycles. The van der Waals surface area contributed by atoms with Gasteiger partial charge in [-0.15, -0.1) is 0 Å². The van der Waals surface area contributed by atoms with Crippen LogP contribution in [0.25, 0.3) is 0 Å². The average molecular weight is 206 g/mol. The van der Waals surface area contributed by atoms with Crippen molar-refractivity contribution in [1.29, 1.82) is 0 Å². The van der Waals surface area contributed by atoms with Crippen LogP contribution in [0.15, 0.2) is 0 Å². The summed E-state index contributed by atoms with van der Waals surface area (Å²) in [6.07, 6.45) is -1.09. The lowest BCUT2D eigenvalue weighted by molar-refractivity contribution is -0.138. The molecular weight excluding hydrogens is 188 g/mol. The van der Waals surface area contributed by atoms with Crippen LogP contribution in [0.3, 0.4) is 0 Å². The van der Waals surface area contributed by atoms with E-state index in [9.17, 15) is 9.59 Å². The summed E-state index contributed by atoms with van der Waals surface area (Å²) >= 11 is 0. The van der Waals surface area contributed by atoms with Crippen molar-refractivity contribution in [2.75, 3.05) is 0 Å². The molecule has 0 aromatic carbocycles. The van der Waals surface area contributed by atoms with Crippen LogP contribution in [0.5, 0.6) is 0 Å². The Morgan fingerprint density at radius 2 is 1.43 bits per heavy atom. The second kappa shape index (κ2) is 8.65. The van der Waals surface area contributed by atoms with E-state index in [4.69, 9.17) is 15.3 Å². The van der Waals surface area contributed by atoms with E-state index in [1.165, 1.54) is 13.8 Å². The van der Waals surface area contributed by atoms with E-state index in [0.717, 1.165) is 0 Å². The molecule has 3 N–H and O–H groups in total. The molecule has 2 unspecified atom stereocenters. The fourth-order valence-electron chi connectivity index (χ4n) is 0.669. The number of Topliss-reactive ketones (excluding diaryl/α,β-unsaturated/α-hetero) is 1. The van der Waals surface area contributed by atoms with Gasteiger partial charge in [-0.25, -0.2) is 0 Å². The molecule has 14 heavy (non-hydrogen) atoms. The third kappa shape index (κ3) is 22.5. The number of carboxylic acids is 1. The first-order chi connectivity index (χ1) is 6.25. The zero-order valence-electron chi connectivity index (χ0n) is 8.73. The molecule has 0 bridgehead atoms. The average Bonchev–Trinajstić information content (AvgIpc) is 1.79. The third-order valence-corrected chi connectivity index (χ3v) is 1.05. The van der Waals surface area contributed by atoms with Crippen molar-refractivity contribution in [3.63, 3.8) is 0 Å². The Bertz CT molecular complexity index is 154. The molecule has 5 nitrogen and oxygen atoms in total. The van der Waals surface area contributed by atoms with E-state index in [1.807, 2.05) is 0 Å². The second-order valence-electron chi connectivity index (χ2n) is 3.20. The number of ketones is 1. The van der Waals surface area contributed by atoms with Gasteiger partial charge >= 0.3 is 5.97 Å². The number of hydrogen-bond acceptors (Lipinski definition) is 4. The molecule has 0 heterocycles. The summed E-state index contributed by atoms with van der Waals surface area (Å²) in [6, 6.07) is 0. The predicted octanol–water partition coefficient (Wildman–Crippen LogP) is 0.188. The van der Waals surface area contributed by atoms with Crippen LogP contribution < -0.4 is 0 Å². The molecule has 0 radical (unpaired) electrons. The van der Waals surface area contributed by atoms with Gasteiger partial charge in [-0.05, 0) is 20.8 Å². The predicted molar refractivity (Wildman–Crippen MR) is 50.9 cm³/mol. The maximum absolute atomic E-state index is 10.1. The molecule has 0 aliphatic rings. The summed E-state index contributed by atoms with van der Waals surface area (Å²) in [7, 11) is 0. The molecule has 0 spiro atoms. The molecular formula is C9H18O5. The van der Waals surface area contributed by atoms with Crippen molar-refractivity contribution in [1.82, 2.24) is 0 Å². The first-order valence-electron chi connectivity index (χ1n) is 4.33. The van der Waals surface area contributed by atoms with Crippen LogP contribution in [0.4, 0.5) is 0 Å². The van der Waals surface area contributed by atoms with Gasteiger partial charge in [0.25, 0.3) is 0 Å². The lowest BCUT2D eigenvalue weighted by atomic mass is 10.2. The topological polar surface area (TPSA) is 94.8 Å². The zero-order valence-corrected chi connectivity index (χ0v) is 8.73. The van der Waals surface area contributed by atoms with E-state index in [2.05, 4.69) is 0 Å². The van der Waals surface area contributed by atoms with Gasteiger partial charge in [-0.3, -0.25) is 9.59 Å². The Morgan fingerprint density at radius 1 is 1.07 bits per heavy atom. The third-order valence-electron chi connectivity index (χ3n) is 1.05. The van der Waals surface area contributed by atoms with Crippen molar-refractivity contribution in [2.24, 2.45) is 0 Å². The number of hydrogen-bond donors (Lipinski definition) is 3. The van der Waals surface area contributed by atoms with Crippen LogP contribution in [0.2, 0.25) is 0 Å². The number of carbonyl (C=O) groups is 2. The SMILES string of the molecule is CC(=O)CC(C)O.CC(O)CC(=O)O. The van der Waals surface area contributed by atoms with E-state index in [1.54, 1.807) is 6.92 Å². The normalized spacial score (nSPS) is 13.5. The van der Waals surface area contributed by atoms with E-state index >= 15 is 0 Å². The van der Waals surface area contributed by atoms with Crippen molar-refractivity contribution in [3.8, 4) is 0 Å². The molecule has 0 rings (SSSR count). The molecule has 0 saturated heterocycles. The van der Waals surface area contributed by atoms with Crippen LogP contribution in [0, 0.1) is 0 Å². The number of aliphatic hydroxyl groups excluding tert-OH is 2. The van der Waals surface area contributed by atoms with Gasteiger partial charge in [-0.1, -0.05) is 0 Å². The van der Waals surface area contributed by atoms with Crippen LogP contribution in [0.1, 0.15) is 33.6 Å². The number of carbonyl (C=O) groups excluding carboxylic acids is 1. The van der Waals surface area contributed by atoms with Crippen molar-refractivity contribution in [2.45, 2.75) is 45.8 Å². The highest BCUT2D eigenvalue weighted by Crippen LogP contribution is 1.87. The molecule has 0 saturated carbocycles. The van der Waals surface area contributed by atoms with E-state index in [-0.39, 0.29) is 18.6 Å². The van der Waals surface area contributed by atoms with Gasteiger partial charge in [-0.2, -0.15) is 0 Å². The number of rotatable bonds is 4. The Kier molecular flexibility index (Phi) is 9.59. The summed E-state index contributed by atoms with van der Waals surface area (Å²) in [6.45, 7) is 4.50. The highest BCUT2D eigenvalue weighted by molar-refractivity contribution is 5.75. The molecule has 0 amide bonds. The minimum atomic E-state index is -0.963. The monoisotopic (exact) mass is 206 g/mol. The smallest absolute Gasteiger partial charge is 0.305 e. The number of aliphatic hydroxyl groups is 2. The summed E-state index contributed by atoms with van der Waals surface area (Å²) in [5.41, 5.74) is 0. The lowest BCUT2D eigenvalue weighted by Gasteiger charge is -1.95. The fraction of sp³-hybridized carbons (Fsp3) is 0.778. The van der Waals surface area contributed by atoms with Crippen molar-refractivity contribution in [3.05, 3.63) is 0 Å². The highest BCUT2D eigenvalue weighted by Gasteiger charge is 2.00. The van der Waals surface area contributed by atoms with Crippen molar-refractivity contribution >= 4 is 11.8 Å². The van der Waals surface area contributed by atoms with Crippen molar-refractivity contribution < 1.29 is 24.9 Å². The molecule has 0 aromatic heterocycles. The Hall–Kier alpha value is -0.940. The lowest BCUT2D eigenvalue weighted by Crippen LogP contribution is -2.07.